The molecule has 0 radical (unpaired) electrons. The molecule has 0 spiro atoms. The fourth-order valence-corrected chi connectivity index (χ4v) is 3.15. The third-order valence-corrected chi connectivity index (χ3v) is 4.69. The lowest BCUT2D eigenvalue weighted by Gasteiger charge is -2.32. The molecule has 3 rings (SSSR count). The number of ether oxygens (including phenoxy) is 1. The summed E-state index contributed by atoms with van der Waals surface area (Å²) in [6, 6.07) is 2.70. The number of methoxy groups -OCH3 is 1. The molecule has 2 aliphatic rings. The maximum absolute atomic E-state index is 12.3. The Bertz CT molecular complexity index is 535. The average molecular weight is 303 g/mol. The highest BCUT2D eigenvalue weighted by Crippen LogP contribution is 2.30. The monoisotopic (exact) mass is 303 g/mol. The minimum Gasteiger partial charge on any atom is -0.494 e. The second-order valence-electron chi connectivity index (χ2n) is 6.48. The lowest BCUT2D eigenvalue weighted by molar-refractivity contribution is 0.0926. The van der Waals surface area contributed by atoms with E-state index in [4.69, 9.17) is 4.74 Å². The molecule has 1 saturated heterocycles. The quantitative estimate of drug-likeness (QED) is 0.904. The molecule has 0 atom stereocenters. The topological polar surface area (TPSA) is 54.5 Å². The number of rotatable bonds is 5. The SMILES string of the molecule is COc1cc(C)cnc1C(=O)NCC1CCN(C2CC2)CC1. The zero-order valence-electron chi connectivity index (χ0n) is 13.5. The minimum atomic E-state index is -0.138. The minimum absolute atomic E-state index is 0.138. The number of piperidine rings is 1. The number of hydrogen-bond acceptors (Lipinski definition) is 4. The highest BCUT2D eigenvalue weighted by molar-refractivity contribution is 5.94. The van der Waals surface area contributed by atoms with Crippen molar-refractivity contribution in [1.29, 1.82) is 0 Å². The van der Waals surface area contributed by atoms with E-state index < -0.39 is 0 Å². The summed E-state index contributed by atoms with van der Waals surface area (Å²) in [5, 5.41) is 3.02. The van der Waals surface area contributed by atoms with E-state index in [2.05, 4.69) is 15.2 Å². The molecule has 22 heavy (non-hydrogen) atoms. The summed E-state index contributed by atoms with van der Waals surface area (Å²) in [5.74, 6) is 0.984. The van der Waals surface area contributed by atoms with Crippen molar-refractivity contribution >= 4 is 5.91 Å². The molecule has 120 valence electrons. The number of aromatic nitrogens is 1. The summed E-state index contributed by atoms with van der Waals surface area (Å²) in [7, 11) is 1.57. The molecule has 1 aromatic heterocycles. The van der Waals surface area contributed by atoms with Crippen molar-refractivity contribution in [2.45, 2.75) is 38.6 Å². The van der Waals surface area contributed by atoms with Crippen molar-refractivity contribution in [3.05, 3.63) is 23.5 Å². The first-order chi connectivity index (χ1) is 10.7. The Morgan fingerprint density at radius 1 is 1.36 bits per heavy atom. The van der Waals surface area contributed by atoms with Crippen LogP contribution in [0, 0.1) is 12.8 Å². The van der Waals surface area contributed by atoms with Crippen LogP contribution in [0.15, 0.2) is 12.3 Å². The van der Waals surface area contributed by atoms with Gasteiger partial charge in [-0.15, -0.1) is 0 Å². The smallest absolute Gasteiger partial charge is 0.273 e. The normalized spacial score (nSPS) is 19.9. The Kier molecular flexibility index (Phi) is 4.62. The van der Waals surface area contributed by atoms with Crippen LogP contribution < -0.4 is 10.1 Å². The third-order valence-electron chi connectivity index (χ3n) is 4.69. The molecular weight excluding hydrogens is 278 g/mol. The van der Waals surface area contributed by atoms with E-state index in [0.717, 1.165) is 18.2 Å². The molecule has 2 heterocycles. The first-order valence-corrected chi connectivity index (χ1v) is 8.20. The molecule has 0 aromatic carbocycles. The van der Waals surface area contributed by atoms with Gasteiger partial charge in [0.05, 0.1) is 7.11 Å². The van der Waals surface area contributed by atoms with Crippen LogP contribution in [0.25, 0.3) is 0 Å². The van der Waals surface area contributed by atoms with E-state index in [-0.39, 0.29) is 5.91 Å². The number of amides is 1. The van der Waals surface area contributed by atoms with Crippen LogP contribution in [0.1, 0.15) is 41.7 Å². The molecular formula is C17H25N3O2. The molecule has 1 aliphatic carbocycles. The predicted octanol–water partition coefficient (Wildman–Crippen LogP) is 2.00. The number of likely N-dealkylation sites (tertiary alicyclic amines) is 1. The van der Waals surface area contributed by atoms with Crippen molar-refractivity contribution in [3.8, 4) is 5.75 Å². The molecule has 5 nitrogen and oxygen atoms in total. The summed E-state index contributed by atoms with van der Waals surface area (Å²) < 4.78 is 5.26. The van der Waals surface area contributed by atoms with Crippen LogP contribution in [0.2, 0.25) is 0 Å². The van der Waals surface area contributed by atoms with Crippen LogP contribution in [-0.2, 0) is 0 Å². The summed E-state index contributed by atoms with van der Waals surface area (Å²) in [5.41, 5.74) is 1.37. The van der Waals surface area contributed by atoms with Crippen LogP contribution in [0.5, 0.6) is 5.75 Å². The summed E-state index contributed by atoms with van der Waals surface area (Å²) >= 11 is 0. The molecule has 5 heteroatoms. The number of nitrogens with one attached hydrogen (secondary N) is 1. The van der Waals surface area contributed by atoms with Gasteiger partial charge >= 0.3 is 0 Å². The van der Waals surface area contributed by atoms with Gasteiger partial charge in [0.25, 0.3) is 5.91 Å². The molecule has 1 saturated carbocycles. The Hall–Kier alpha value is -1.62. The number of pyridine rings is 1. The zero-order chi connectivity index (χ0) is 15.5. The second kappa shape index (κ2) is 6.65. The van der Waals surface area contributed by atoms with E-state index in [1.807, 2.05) is 13.0 Å². The van der Waals surface area contributed by atoms with Crippen molar-refractivity contribution < 1.29 is 9.53 Å². The number of hydrogen-bond donors (Lipinski definition) is 1. The van der Waals surface area contributed by atoms with Crippen LogP contribution in [0.3, 0.4) is 0 Å². The van der Waals surface area contributed by atoms with Gasteiger partial charge in [0, 0.05) is 18.8 Å². The van der Waals surface area contributed by atoms with Gasteiger partial charge in [-0.1, -0.05) is 0 Å². The Morgan fingerprint density at radius 3 is 2.73 bits per heavy atom. The van der Waals surface area contributed by atoms with E-state index in [1.54, 1.807) is 13.3 Å². The maximum atomic E-state index is 12.3. The van der Waals surface area contributed by atoms with Gasteiger partial charge in [-0.3, -0.25) is 4.79 Å². The highest BCUT2D eigenvalue weighted by atomic mass is 16.5. The third kappa shape index (κ3) is 3.58. The summed E-state index contributed by atoms with van der Waals surface area (Å²) in [6.45, 7) is 5.02. The number of aryl methyl sites for hydroxylation is 1. The predicted molar refractivity (Wildman–Crippen MR) is 85.2 cm³/mol. The first kappa shape index (κ1) is 15.3. The van der Waals surface area contributed by atoms with Crippen molar-refractivity contribution in [2.75, 3.05) is 26.7 Å². The van der Waals surface area contributed by atoms with Crippen LogP contribution in [0.4, 0.5) is 0 Å². The maximum Gasteiger partial charge on any atom is 0.273 e. The summed E-state index contributed by atoms with van der Waals surface area (Å²) in [4.78, 5) is 19.1. The lowest BCUT2D eigenvalue weighted by atomic mass is 9.96. The highest BCUT2D eigenvalue weighted by Gasteiger charge is 2.31. The van der Waals surface area contributed by atoms with E-state index in [0.29, 0.717) is 17.4 Å². The molecule has 1 N–H and O–H groups in total. The fraction of sp³-hybridized carbons (Fsp3) is 0.647. The Balaban J connectivity index is 1.50. The number of carbonyl (C=O) groups excluding carboxylic acids is 1. The molecule has 2 fully saturated rings. The second-order valence-corrected chi connectivity index (χ2v) is 6.48. The standard InChI is InChI=1S/C17H25N3O2/c1-12-9-15(22-2)16(18-10-12)17(21)19-11-13-5-7-20(8-6-13)14-3-4-14/h9-10,13-14H,3-8,11H2,1-2H3,(H,19,21). The Labute approximate surface area is 132 Å². The van der Waals surface area contributed by atoms with Gasteiger partial charge in [-0.25, -0.2) is 4.98 Å². The van der Waals surface area contributed by atoms with Gasteiger partial charge in [-0.2, -0.15) is 0 Å². The zero-order valence-corrected chi connectivity index (χ0v) is 13.5. The molecule has 1 aromatic rings. The van der Waals surface area contributed by atoms with Gasteiger partial charge in [-0.05, 0) is 63.2 Å². The fourth-order valence-electron chi connectivity index (χ4n) is 3.15. The molecule has 0 bridgehead atoms. The largest absolute Gasteiger partial charge is 0.494 e. The molecule has 1 amide bonds. The van der Waals surface area contributed by atoms with Crippen molar-refractivity contribution in [1.82, 2.24) is 15.2 Å². The van der Waals surface area contributed by atoms with Gasteiger partial charge in [0.1, 0.15) is 5.75 Å². The first-order valence-electron chi connectivity index (χ1n) is 8.20. The van der Waals surface area contributed by atoms with E-state index in [1.165, 1.54) is 38.8 Å². The average Bonchev–Trinajstić information content (AvgIpc) is 3.38. The van der Waals surface area contributed by atoms with Crippen LogP contribution in [-0.4, -0.2) is 48.6 Å². The Morgan fingerprint density at radius 2 is 2.09 bits per heavy atom. The number of nitrogens with zero attached hydrogens (tertiary/aromatic N) is 2. The van der Waals surface area contributed by atoms with Crippen molar-refractivity contribution in [2.24, 2.45) is 5.92 Å². The number of carbonyl (C=O) groups is 1. The van der Waals surface area contributed by atoms with Crippen LogP contribution >= 0.6 is 0 Å². The summed E-state index contributed by atoms with van der Waals surface area (Å²) in [6.07, 6.45) is 6.80. The molecule has 0 unspecified atom stereocenters. The van der Waals surface area contributed by atoms with Gasteiger partial charge in [0.2, 0.25) is 0 Å². The lowest BCUT2D eigenvalue weighted by Crippen LogP contribution is -2.39. The molecule has 1 aliphatic heterocycles. The van der Waals surface area contributed by atoms with Crippen molar-refractivity contribution in [3.63, 3.8) is 0 Å². The van der Waals surface area contributed by atoms with E-state index in [9.17, 15) is 4.79 Å². The van der Waals surface area contributed by atoms with E-state index >= 15 is 0 Å². The van der Waals surface area contributed by atoms with Gasteiger partial charge < -0.3 is 15.0 Å². The van der Waals surface area contributed by atoms with Gasteiger partial charge in [0.15, 0.2) is 5.69 Å².